The fraction of sp³-hybridized carbons (Fsp3) is 0.588. The van der Waals surface area contributed by atoms with Gasteiger partial charge < -0.3 is 10.1 Å². The van der Waals surface area contributed by atoms with Gasteiger partial charge in [-0.25, -0.2) is 4.39 Å². The van der Waals surface area contributed by atoms with Crippen LogP contribution in [0.4, 0.5) is 4.39 Å². The molecule has 1 aromatic carbocycles. The molecule has 1 amide bonds. The van der Waals surface area contributed by atoms with Gasteiger partial charge in [0.1, 0.15) is 11.9 Å². The van der Waals surface area contributed by atoms with E-state index in [0.717, 1.165) is 31.4 Å². The van der Waals surface area contributed by atoms with E-state index in [9.17, 15) is 9.18 Å². The van der Waals surface area contributed by atoms with Crippen LogP contribution in [0.2, 0.25) is 5.02 Å². The summed E-state index contributed by atoms with van der Waals surface area (Å²) in [7, 11) is 2.03. The monoisotopic (exact) mass is 340 g/mol. The predicted octanol–water partition coefficient (Wildman–Crippen LogP) is 2.77. The molecular formula is C17H22ClFN2O2. The van der Waals surface area contributed by atoms with E-state index < -0.39 is 5.82 Å². The molecule has 1 aromatic rings. The number of benzene rings is 1. The second kappa shape index (κ2) is 7.16. The highest BCUT2D eigenvalue weighted by Crippen LogP contribution is 2.36. The number of halogens is 2. The number of carbonyl (C=O) groups excluding carboxylic acids is 1. The first-order chi connectivity index (χ1) is 11.1. The Morgan fingerprint density at radius 3 is 3.00 bits per heavy atom. The van der Waals surface area contributed by atoms with Crippen LogP contribution >= 0.6 is 11.6 Å². The standard InChI is InChI=1S/C17H22ClFN2O2/c1-21-7-6-12(10-20-17(22)15-3-2-8-23-15)16(21)11-4-5-13(18)14(19)9-11/h4-5,9,12,15-16H,2-3,6-8,10H2,1H3,(H,20,22)/t12-,15-,16+/m1/s1. The summed E-state index contributed by atoms with van der Waals surface area (Å²) in [6, 6.07) is 5.06. The van der Waals surface area contributed by atoms with Gasteiger partial charge in [0.25, 0.3) is 0 Å². The van der Waals surface area contributed by atoms with Crippen molar-refractivity contribution in [1.29, 1.82) is 0 Å². The minimum Gasteiger partial charge on any atom is -0.368 e. The third-order valence-corrected chi connectivity index (χ3v) is 5.13. The Kier molecular flexibility index (Phi) is 5.19. The summed E-state index contributed by atoms with van der Waals surface area (Å²) >= 11 is 5.78. The molecule has 0 radical (unpaired) electrons. The van der Waals surface area contributed by atoms with Gasteiger partial charge in [-0.1, -0.05) is 17.7 Å². The number of rotatable bonds is 4. The van der Waals surface area contributed by atoms with Crippen LogP contribution in [-0.2, 0) is 9.53 Å². The quantitative estimate of drug-likeness (QED) is 0.916. The lowest BCUT2D eigenvalue weighted by atomic mass is 9.93. The minimum atomic E-state index is -0.397. The van der Waals surface area contributed by atoms with Crippen LogP contribution in [0.1, 0.15) is 30.9 Å². The molecule has 2 heterocycles. The average molecular weight is 341 g/mol. The highest BCUT2D eigenvalue weighted by Gasteiger charge is 2.34. The molecule has 2 fully saturated rings. The molecule has 2 saturated heterocycles. The van der Waals surface area contributed by atoms with Crippen molar-refractivity contribution in [3.8, 4) is 0 Å². The minimum absolute atomic E-state index is 0.0295. The molecule has 2 aliphatic rings. The fourth-order valence-electron chi connectivity index (χ4n) is 3.59. The zero-order chi connectivity index (χ0) is 16.4. The number of ether oxygens (including phenoxy) is 1. The maximum absolute atomic E-state index is 13.8. The van der Waals surface area contributed by atoms with E-state index in [2.05, 4.69) is 10.2 Å². The Bertz CT molecular complexity index is 578. The van der Waals surface area contributed by atoms with Gasteiger partial charge in [-0.2, -0.15) is 0 Å². The summed E-state index contributed by atoms with van der Waals surface area (Å²) in [5.41, 5.74) is 0.906. The summed E-state index contributed by atoms with van der Waals surface area (Å²) in [5, 5.41) is 3.14. The number of amides is 1. The van der Waals surface area contributed by atoms with E-state index in [4.69, 9.17) is 16.3 Å². The SMILES string of the molecule is CN1CC[C@H](CNC(=O)[C@H]2CCCO2)[C@@H]1c1ccc(Cl)c(F)c1. The Morgan fingerprint density at radius 1 is 1.48 bits per heavy atom. The zero-order valence-electron chi connectivity index (χ0n) is 13.2. The second-order valence-corrected chi connectivity index (χ2v) is 6.80. The Morgan fingerprint density at radius 2 is 2.30 bits per heavy atom. The van der Waals surface area contributed by atoms with Crippen molar-refractivity contribution in [3.05, 3.63) is 34.6 Å². The summed E-state index contributed by atoms with van der Waals surface area (Å²) in [6.07, 6.45) is 2.40. The molecule has 2 aliphatic heterocycles. The molecule has 0 spiro atoms. The third-order valence-electron chi connectivity index (χ3n) is 4.82. The van der Waals surface area contributed by atoms with Crippen LogP contribution in [0.15, 0.2) is 18.2 Å². The Balaban J connectivity index is 1.65. The lowest BCUT2D eigenvalue weighted by molar-refractivity contribution is -0.130. The Hall–Kier alpha value is -1.17. The molecule has 0 aliphatic carbocycles. The molecule has 0 unspecified atom stereocenters. The van der Waals surface area contributed by atoms with Crippen LogP contribution in [0.25, 0.3) is 0 Å². The second-order valence-electron chi connectivity index (χ2n) is 6.39. The highest BCUT2D eigenvalue weighted by atomic mass is 35.5. The maximum Gasteiger partial charge on any atom is 0.249 e. The molecule has 0 saturated carbocycles. The fourth-order valence-corrected chi connectivity index (χ4v) is 3.71. The normalized spacial score (nSPS) is 28.2. The van der Waals surface area contributed by atoms with Crippen molar-refractivity contribution < 1.29 is 13.9 Å². The molecule has 0 aromatic heterocycles. The average Bonchev–Trinajstić information content (AvgIpc) is 3.18. The molecule has 126 valence electrons. The van der Waals surface area contributed by atoms with Gasteiger partial charge in [-0.15, -0.1) is 0 Å². The van der Waals surface area contributed by atoms with E-state index in [-0.39, 0.29) is 29.0 Å². The molecule has 23 heavy (non-hydrogen) atoms. The summed E-state index contributed by atoms with van der Waals surface area (Å²) in [5.74, 6) is -0.171. The smallest absolute Gasteiger partial charge is 0.249 e. The molecule has 0 bridgehead atoms. The first-order valence-corrected chi connectivity index (χ1v) is 8.48. The lowest BCUT2D eigenvalue weighted by Crippen LogP contribution is -2.38. The number of hydrogen-bond donors (Lipinski definition) is 1. The number of carbonyl (C=O) groups is 1. The van der Waals surface area contributed by atoms with E-state index in [1.165, 1.54) is 6.07 Å². The summed E-state index contributed by atoms with van der Waals surface area (Å²) in [4.78, 5) is 14.3. The van der Waals surface area contributed by atoms with E-state index >= 15 is 0 Å². The topological polar surface area (TPSA) is 41.6 Å². The molecular weight excluding hydrogens is 319 g/mol. The molecule has 1 N–H and O–H groups in total. The third kappa shape index (κ3) is 3.67. The van der Waals surface area contributed by atoms with Crippen LogP contribution in [0.5, 0.6) is 0 Å². The maximum atomic E-state index is 13.8. The van der Waals surface area contributed by atoms with Gasteiger partial charge in [0, 0.05) is 19.2 Å². The molecule has 6 heteroatoms. The van der Waals surface area contributed by atoms with E-state index in [1.54, 1.807) is 6.07 Å². The van der Waals surface area contributed by atoms with Crippen LogP contribution < -0.4 is 5.32 Å². The van der Waals surface area contributed by atoms with E-state index in [0.29, 0.717) is 13.2 Å². The van der Waals surface area contributed by atoms with E-state index in [1.807, 2.05) is 13.1 Å². The van der Waals surface area contributed by atoms with Crippen molar-refractivity contribution in [2.24, 2.45) is 5.92 Å². The first-order valence-electron chi connectivity index (χ1n) is 8.11. The number of hydrogen-bond acceptors (Lipinski definition) is 3. The van der Waals surface area contributed by atoms with Crippen molar-refractivity contribution in [3.63, 3.8) is 0 Å². The molecule has 3 rings (SSSR count). The van der Waals surface area contributed by atoms with Crippen LogP contribution in [-0.4, -0.2) is 43.7 Å². The summed E-state index contributed by atoms with van der Waals surface area (Å²) in [6.45, 7) is 2.17. The van der Waals surface area contributed by atoms with Gasteiger partial charge in [0.15, 0.2) is 0 Å². The molecule has 4 nitrogen and oxygen atoms in total. The van der Waals surface area contributed by atoms with Gasteiger partial charge in [-0.3, -0.25) is 9.69 Å². The van der Waals surface area contributed by atoms with Crippen molar-refractivity contribution in [2.45, 2.75) is 31.4 Å². The zero-order valence-corrected chi connectivity index (χ0v) is 14.0. The molecule has 3 atom stereocenters. The van der Waals surface area contributed by atoms with Crippen molar-refractivity contribution in [2.75, 3.05) is 26.7 Å². The van der Waals surface area contributed by atoms with Crippen LogP contribution in [0, 0.1) is 11.7 Å². The first kappa shape index (κ1) is 16.7. The highest BCUT2D eigenvalue weighted by molar-refractivity contribution is 6.30. The predicted molar refractivity (Wildman–Crippen MR) is 86.9 cm³/mol. The van der Waals surface area contributed by atoms with Crippen LogP contribution in [0.3, 0.4) is 0 Å². The van der Waals surface area contributed by atoms with Crippen molar-refractivity contribution in [1.82, 2.24) is 10.2 Å². The van der Waals surface area contributed by atoms with Gasteiger partial charge in [0.05, 0.1) is 5.02 Å². The van der Waals surface area contributed by atoms with Gasteiger partial charge in [0.2, 0.25) is 5.91 Å². The largest absolute Gasteiger partial charge is 0.368 e. The van der Waals surface area contributed by atoms with Gasteiger partial charge >= 0.3 is 0 Å². The number of likely N-dealkylation sites (tertiary alicyclic amines) is 1. The lowest BCUT2D eigenvalue weighted by Gasteiger charge is -2.26. The number of nitrogens with one attached hydrogen (secondary N) is 1. The van der Waals surface area contributed by atoms with Gasteiger partial charge in [-0.05, 0) is 56.5 Å². The number of nitrogens with zero attached hydrogens (tertiary/aromatic N) is 1. The van der Waals surface area contributed by atoms with Crippen molar-refractivity contribution >= 4 is 17.5 Å². The Labute approximate surface area is 140 Å². The summed E-state index contributed by atoms with van der Waals surface area (Å²) < 4.78 is 19.2.